The Bertz CT molecular complexity index is 1080. The molecule has 0 aliphatic rings. The van der Waals surface area contributed by atoms with Gasteiger partial charge >= 0.3 is 5.97 Å². The van der Waals surface area contributed by atoms with Crippen LogP contribution >= 0.6 is 0 Å². The highest BCUT2D eigenvalue weighted by Gasteiger charge is 2.12. The fraction of sp³-hybridized carbons (Fsp3) is 0.500. The molecule has 0 saturated heterocycles. The minimum atomic E-state index is -0.265. The van der Waals surface area contributed by atoms with Crippen molar-refractivity contribution >= 4 is 5.97 Å². The van der Waals surface area contributed by atoms with Crippen LogP contribution in [0.4, 0.5) is 0 Å². The number of nitrogens with zero attached hydrogens (tertiary/aromatic N) is 2. The van der Waals surface area contributed by atoms with Crippen molar-refractivity contribution in [2.24, 2.45) is 0 Å². The third-order valence-corrected chi connectivity index (χ3v) is 7.00. The lowest BCUT2D eigenvalue weighted by molar-refractivity contribution is 0.0319. The molecule has 0 spiro atoms. The molecule has 0 N–H and O–H groups in total. The number of aromatic nitrogens is 2. The summed E-state index contributed by atoms with van der Waals surface area (Å²) in [5.74, 6) is 1.24. The van der Waals surface area contributed by atoms with Gasteiger partial charge in [-0.1, -0.05) is 77.3 Å². The lowest BCUT2D eigenvalue weighted by atomic mass is 10.1. The van der Waals surface area contributed by atoms with E-state index >= 15 is 0 Å². The molecule has 1 aromatic heterocycles. The second-order valence-corrected chi connectivity index (χ2v) is 10.5. The van der Waals surface area contributed by atoms with Gasteiger partial charge in [-0.2, -0.15) is 0 Å². The van der Waals surface area contributed by atoms with Gasteiger partial charge in [0.05, 0.1) is 11.7 Å². The largest absolute Gasteiger partial charge is 0.489 e. The van der Waals surface area contributed by atoms with E-state index in [1.165, 1.54) is 63.4 Å². The summed E-state index contributed by atoms with van der Waals surface area (Å²) in [4.78, 5) is 21.6. The van der Waals surface area contributed by atoms with E-state index in [1.54, 1.807) is 12.1 Å². The topological polar surface area (TPSA) is 61.3 Å². The monoisotopic (exact) mass is 530 g/mol. The molecule has 5 nitrogen and oxygen atoms in total. The smallest absolute Gasteiger partial charge is 0.338 e. The predicted octanol–water partition coefficient (Wildman–Crippen LogP) is 9.14. The van der Waals surface area contributed by atoms with Gasteiger partial charge in [-0.05, 0) is 80.1 Å². The molecule has 0 radical (unpaired) electrons. The molecule has 0 fully saturated rings. The third kappa shape index (κ3) is 11.2. The maximum atomic E-state index is 12.4. The summed E-state index contributed by atoms with van der Waals surface area (Å²) in [5.41, 5.74) is 3.73. The molecule has 0 bridgehead atoms. The first kappa shape index (κ1) is 30.3. The molecule has 0 amide bonds. The molecular formula is C34H46N2O3. The average molecular weight is 531 g/mol. The molecule has 3 aromatic rings. The van der Waals surface area contributed by atoms with Crippen molar-refractivity contribution in [3.05, 3.63) is 77.6 Å². The van der Waals surface area contributed by atoms with Crippen molar-refractivity contribution in [2.75, 3.05) is 0 Å². The van der Waals surface area contributed by atoms with E-state index in [0.717, 1.165) is 42.0 Å². The molecule has 210 valence electrons. The lowest BCUT2D eigenvalue weighted by Gasteiger charge is -2.13. The summed E-state index contributed by atoms with van der Waals surface area (Å²) in [6, 6.07) is 15.3. The Morgan fingerprint density at radius 2 is 1.36 bits per heavy atom. The minimum Gasteiger partial charge on any atom is -0.489 e. The number of hydrogen-bond acceptors (Lipinski definition) is 5. The zero-order chi connectivity index (χ0) is 27.7. The van der Waals surface area contributed by atoms with Crippen molar-refractivity contribution in [3.8, 4) is 17.1 Å². The highest BCUT2D eigenvalue weighted by molar-refractivity contribution is 5.89. The Hall–Kier alpha value is -3.21. The predicted molar refractivity (Wildman–Crippen MR) is 159 cm³/mol. The normalized spacial score (nSPS) is 11.8. The SMILES string of the molecule is CCCCCCCCc1cnc(-c2ccc(OCc3ccc(C(=O)OC(C)CCCCCC)cc3)cc2)nc1. The first-order valence-corrected chi connectivity index (χ1v) is 14.9. The summed E-state index contributed by atoms with van der Waals surface area (Å²) < 4.78 is 11.5. The van der Waals surface area contributed by atoms with Crippen LogP contribution in [0.5, 0.6) is 5.75 Å². The van der Waals surface area contributed by atoms with E-state index in [1.807, 2.05) is 55.7 Å². The number of carbonyl (C=O) groups is 1. The van der Waals surface area contributed by atoms with Gasteiger partial charge in [0.1, 0.15) is 12.4 Å². The van der Waals surface area contributed by atoms with Crippen LogP contribution in [0, 0.1) is 0 Å². The summed E-state index contributed by atoms with van der Waals surface area (Å²) >= 11 is 0. The maximum absolute atomic E-state index is 12.4. The Balaban J connectivity index is 1.41. The van der Waals surface area contributed by atoms with E-state index in [9.17, 15) is 4.79 Å². The molecule has 39 heavy (non-hydrogen) atoms. The molecule has 5 heteroatoms. The number of ether oxygens (including phenoxy) is 2. The molecule has 0 saturated carbocycles. The van der Waals surface area contributed by atoms with Crippen LogP contribution in [0.3, 0.4) is 0 Å². The fourth-order valence-electron chi connectivity index (χ4n) is 4.51. The van der Waals surface area contributed by atoms with E-state index in [2.05, 4.69) is 23.8 Å². The molecule has 1 atom stereocenters. The van der Waals surface area contributed by atoms with E-state index in [0.29, 0.717) is 12.2 Å². The Morgan fingerprint density at radius 1 is 0.744 bits per heavy atom. The number of rotatable bonds is 18. The van der Waals surface area contributed by atoms with Gasteiger partial charge in [0.25, 0.3) is 0 Å². The van der Waals surface area contributed by atoms with Crippen molar-refractivity contribution in [2.45, 2.75) is 111 Å². The maximum Gasteiger partial charge on any atom is 0.338 e. The zero-order valence-corrected chi connectivity index (χ0v) is 24.2. The van der Waals surface area contributed by atoms with Gasteiger partial charge in [-0.25, -0.2) is 14.8 Å². The summed E-state index contributed by atoms with van der Waals surface area (Å²) in [6.45, 7) is 6.83. The van der Waals surface area contributed by atoms with Crippen molar-refractivity contribution in [1.82, 2.24) is 9.97 Å². The summed E-state index contributed by atoms with van der Waals surface area (Å²) in [6.07, 6.45) is 18.3. The van der Waals surface area contributed by atoms with Gasteiger partial charge in [-0.3, -0.25) is 0 Å². The van der Waals surface area contributed by atoms with E-state index < -0.39 is 0 Å². The van der Waals surface area contributed by atoms with Crippen molar-refractivity contribution < 1.29 is 14.3 Å². The van der Waals surface area contributed by atoms with Gasteiger partial charge in [-0.15, -0.1) is 0 Å². The lowest BCUT2D eigenvalue weighted by Crippen LogP contribution is -2.15. The quantitative estimate of drug-likeness (QED) is 0.121. The first-order chi connectivity index (χ1) is 19.1. The summed E-state index contributed by atoms with van der Waals surface area (Å²) in [5, 5.41) is 0. The molecular weight excluding hydrogens is 484 g/mol. The van der Waals surface area contributed by atoms with Crippen LogP contribution in [0.15, 0.2) is 60.9 Å². The van der Waals surface area contributed by atoms with Gasteiger partial charge in [0, 0.05) is 18.0 Å². The Morgan fingerprint density at radius 3 is 2.03 bits per heavy atom. The van der Waals surface area contributed by atoms with Crippen LogP contribution in [0.1, 0.15) is 113 Å². The minimum absolute atomic E-state index is 0.0613. The highest BCUT2D eigenvalue weighted by atomic mass is 16.5. The number of esters is 1. The zero-order valence-electron chi connectivity index (χ0n) is 24.2. The van der Waals surface area contributed by atoms with E-state index in [4.69, 9.17) is 9.47 Å². The summed E-state index contributed by atoms with van der Waals surface area (Å²) in [7, 11) is 0. The number of benzene rings is 2. The van der Waals surface area contributed by atoms with Crippen LogP contribution in [-0.2, 0) is 17.8 Å². The first-order valence-electron chi connectivity index (χ1n) is 14.9. The van der Waals surface area contributed by atoms with Gasteiger partial charge < -0.3 is 9.47 Å². The molecule has 0 aliphatic heterocycles. The molecule has 0 aliphatic carbocycles. The Kier molecular flexibility index (Phi) is 13.5. The molecule has 2 aromatic carbocycles. The second-order valence-electron chi connectivity index (χ2n) is 10.5. The Labute approximate surface area is 235 Å². The van der Waals surface area contributed by atoms with E-state index in [-0.39, 0.29) is 12.1 Å². The number of carbonyl (C=O) groups excluding carboxylic acids is 1. The highest BCUT2D eigenvalue weighted by Crippen LogP contribution is 2.21. The van der Waals surface area contributed by atoms with Gasteiger partial charge in [0.15, 0.2) is 5.82 Å². The molecule has 1 unspecified atom stereocenters. The van der Waals surface area contributed by atoms with Crippen molar-refractivity contribution in [1.29, 1.82) is 0 Å². The third-order valence-electron chi connectivity index (χ3n) is 7.00. The standard InChI is InChI=1S/C34H46N2O3/c1-4-6-8-10-11-13-15-29-24-35-33(36-25-29)30-20-22-32(23-21-30)38-26-28-16-18-31(19-17-28)34(37)39-27(3)14-12-9-7-5-2/h16-25,27H,4-15,26H2,1-3H3. The van der Waals surface area contributed by atoms with Gasteiger partial charge in [0.2, 0.25) is 0 Å². The molecule has 1 heterocycles. The van der Waals surface area contributed by atoms with Crippen LogP contribution < -0.4 is 4.74 Å². The number of unbranched alkanes of at least 4 members (excludes halogenated alkanes) is 8. The second kappa shape index (κ2) is 17.4. The van der Waals surface area contributed by atoms with Crippen LogP contribution in [0.25, 0.3) is 11.4 Å². The van der Waals surface area contributed by atoms with Crippen molar-refractivity contribution in [3.63, 3.8) is 0 Å². The fourth-order valence-corrected chi connectivity index (χ4v) is 4.51. The molecule has 3 rings (SSSR count). The number of aryl methyl sites for hydroxylation is 1. The van der Waals surface area contributed by atoms with Crippen LogP contribution in [-0.4, -0.2) is 22.0 Å². The number of hydrogen-bond donors (Lipinski definition) is 0. The average Bonchev–Trinajstić information content (AvgIpc) is 2.97. The van der Waals surface area contributed by atoms with Crippen LogP contribution in [0.2, 0.25) is 0 Å².